The van der Waals surface area contributed by atoms with Gasteiger partial charge in [-0.2, -0.15) is 0 Å². The van der Waals surface area contributed by atoms with Crippen LogP contribution >= 0.6 is 23.7 Å². The first kappa shape index (κ1) is 23.3. The highest BCUT2D eigenvalue weighted by atomic mass is 35.5. The van der Waals surface area contributed by atoms with Crippen LogP contribution in [0.5, 0.6) is 11.5 Å². The Morgan fingerprint density at radius 3 is 2.61 bits per heavy atom. The normalized spacial score (nSPS) is 14.3. The SMILES string of the molecule is COc1ccc(OC)c2sc(N(CCCN3CCOCC3)C(=O)c3ccco3)nc12.Cl. The van der Waals surface area contributed by atoms with Crippen molar-refractivity contribution < 1.29 is 23.4 Å². The molecular formula is C21H26ClN3O5S. The number of carbonyl (C=O) groups excluding carboxylic acids is 1. The molecule has 0 atom stereocenters. The number of ether oxygens (including phenoxy) is 3. The van der Waals surface area contributed by atoms with Gasteiger partial charge in [-0.1, -0.05) is 11.3 Å². The summed E-state index contributed by atoms with van der Waals surface area (Å²) < 4.78 is 22.6. The van der Waals surface area contributed by atoms with E-state index in [0.29, 0.717) is 34.5 Å². The summed E-state index contributed by atoms with van der Waals surface area (Å²) in [6.07, 6.45) is 2.32. The third-order valence-corrected chi connectivity index (χ3v) is 6.16. The molecule has 1 aromatic carbocycles. The monoisotopic (exact) mass is 467 g/mol. The molecule has 0 aliphatic carbocycles. The van der Waals surface area contributed by atoms with Crippen LogP contribution in [0.25, 0.3) is 10.2 Å². The summed E-state index contributed by atoms with van der Waals surface area (Å²) in [5.41, 5.74) is 0.683. The van der Waals surface area contributed by atoms with Crippen molar-refractivity contribution in [2.45, 2.75) is 6.42 Å². The summed E-state index contributed by atoms with van der Waals surface area (Å²) in [6.45, 7) is 4.77. The molecule has 0 unspecified atom stereocenters. The number of halogens is 1. The second kappa shape index (κ2) is 10.8. The van der Waals surface area contributed by atoms with E-state index in [0.717, 1.165) is 44.0 Å². The largest absolute Gasteiger partial charge is 0.495 e. The number of morpholine rings is 1. The van der Waals surface area contributed by atoms with Crippen LogP contribution in [0.4, 0.5) is 5.13 Å². The number of hydrogen-bond acceptors (Lipinski definition) is 8. The van der Waals surface area contributed by atoms with Crippen LogP contribution in [-0.2, 0) is 4.74 Å². The number of nitrogens with zero attached hydrogens (tertiary/aromatic N) is 3. The van der Waals surface area contributed by atoms with Crippen LogP contribution in [0.15, 0.2) is 34.9 Å². The quantitative estimate of drug-likeness (QED) is 0.500. The lowest BCUT2D eigenvalue weighted by Gasteiger charge is -2.27. The van der Waals surface area contributed by atoms with E-state index in [4.69, 9.17) is 23.6 Å². The number of aromatic nitrogens is 1. The van der Waals surface area contributed by atoms with Gasteiger partial charge in [-0.3, -0.25) is 14.6 Å². The van der Waals surface area contributed by atoms with Gasteiger partial charge in [0, 0.05) is 26.2 Å². The van der Waals surface area contributed by atoms with Crippen LogP contribution in [-0.4, -0.2) is 69.4 Å². The highest BCUT2D eigenvalue weighted by Crippen LogP contribution is 2.40. The van der Waals surface area contributed by atoms with Gasteiger partial charge in [-0.05, 0) is 30.7 Å². The zero-order valence-electron chi connectivity index (χ0n) is 17.5. The summed E-state index contributed by atoms with van der Waals surface area (Å²) in [5, 5.41) is 0.594. The van der Waals surface area contributed by atoms with Gasteiger partial charge in [-0.15, -0.1) is 12.4 Å². The van der Waals surface area contributed by atoms with Crippen LogP contribution in [0.1, 0.15) is 17.0 Å². The Morgan fingerprint density at radius 1 is 1.19 bits per heavy atom. The van der Waals surface area contributed by atoms with Gasteiger partial charge >= 0.3 is 0 Å². The number of benzene rings is 1. The molecule has 4 rings (SSSR count). The van der Waals surface area contributed by atoms with E-state index in [1.807, 2.05) is 12.1 Å². The molecule has 31 heavy (non-hydrogen) atoms. The van der Waals surface area contributed by atoms with Gasteiger partial charge in [0.05, 0.1) is 33.7 Å². The van der Waals surface area contributed by atoms with Crippen LogP contribution < -0.4 is 14.4 Å². The topological polar surface area (TPSA) is 77.3 Å². The van der Waals surface area contributed by atoms with E-state index in [2.05, 4.69) is 4.90 Å². The second-order valence-corrected chi connectivity index (χ2v) is 7.86. The minimum absolute atomic E-state index is 0. The van der Waals surface area contributed by atoms with E-state index >= 15 is 0 Å². The third-order valence-electron chi connectivity index (χ3n) is 5.07. The molecule has 168 valence electrons. The molecule has 0 saturated carbocycles. The number of amides is 1. The van der Waals surface area contributed by atoms with Gasteiger partial charge in [0.1, 0.15) is 21.7 Å². The van der Waals surface area contributed by atoms with Crippen molar-refractivity contribution in [3.63, 3.8) is 0 Å². The van der Waals surface area contributed by atoms with E-state index in [9.17, 15) is 4.79 Å². The van der Waals surface area contributed by atoms with Crippen molar-refractivity contribution in [3.8, 4) is 11.5 Å². The van der Waals surface area contributed by atoms with Gasteiger partial charge in [-0.25, -0.2) is 4.98 Å². The predicted molar refractivity (Wildman–Crippen MR) is 122 cm³/mol. The molecule has 3 aromatic rings. The number of thiazole rings is 1. The molecule has 1 aliphatic heterocycles. The van der Waals surface area contributed by atoms with E-state index in [1.165, 1.54) is 17.6 Å². The molecule has 1 amide bonds. The lowest BCUT2D eigenvalue weighted by Crippen LogP contribution is -2.39. The molecule has 0 bridgehead atoms. The first-order chi connectivity index (χ1) is 14.7. The predicted octanol–water partition coefficient (Wildman–Crippen LogP) is 3.70. The highest BCUT2D eigenvalue weighted by Gasteiger charge is 2.25. The van der Waals surface area contributed by atoms with Crippen molar-refractivity contribution in [3.05, 3.63) is 36.3 Å². The van der Waals surface area contributed by atoms with Gasteiger partial charge in [0.15, 0.2) is 10.9 Å². The van der Waals surface area contributed by atoms with Crippen molar-refractivity contribution in [2.24, 2.45) is 0 Å². The average Bonchev–Trinajstić information content (AvgIpc) is 3.47. The maximum Gasteiger partial charge on any atom is 0.295 e. The number of hydrogen-bond donors (Lipinski definition) is 0. The Bertz CT molecular complexity index is 947. The Labute approximate surface area is 191 Å². The van der Waals surface area contributed by atoms with Gasteiger partial charge < -0.3 is 18.6 Å². The van der Waals surface area contributed by atoms with Gasteiger partial charge in [0.25, 0.3) is 5.91 Å². The number of carbonyl (C=O) groups is 1. The smallest absolute Gasteiger partial charge is 0.295 e. The first-order valence-corrected chi connectivity index (χ1v) is 10.7. The lowest BCUT2D eigenvalue weighted by molar-refractivity contribution is 0.0376. The highest BCUT2D eigenvalue weighted by molar-refractivity contribution is 7.22. The zero-order valence-corrected chi connectivity index (χ0v) is 19.2. The Kier molecular flexibility index (Phi) is 8.14. The summed E-state index contributed by atoms with van der Waals surface area (Å²) in [5.74, 6) is 1.43. The fourth-order valence-corrected chi connectivity index (χ4v) is 4.58. The second-order valence-electron chi connectivity index (χ2n) is 6.89. The molecule has 10 heteroatoms. The number of methoxy groups -OCH3 is 2. The molecule has 1 fully saturated rings. The van der Waals surface area contributed by atoms with Crippen LogP contribution in [0.2, 0.25) is 0 Å². The zero-order chi connectivity index (χ0) is 20.9. The minimum atomic E-state index is -0.209. The van der Waals surface area contributed by atoms with E-state index in [1.54, 1.807) is 31.3 Å². The molecule has 0 radical (unpaired) electrons. The molecule has 3 heterocycles. The lowest BCUT2D eigenvalue weighted by atomic mass is 10.3. The fourth-order valence-electron chi connectivity index (χ4n) is 3.48. The maximum absolute atomic E-state index is 13.2. The number of anilines is 1. The number of rotatable bonds is 8. The molecule has 1 saturated heterocycles. The molecule has 2 aromatic heterocycles. The summed E-state index contributed by atoms with van der Waals surface area (Å²) in [4.78, 5) is 21.9. The fraction of sp³-hybridized carbons (Fsp3) is 0.429. The van der Waals surface area contributed by atoms with Crippen molar-refractivity contribution in [1.29, 1.82) is 0 Å². The molecule has 0 N–H and O–H groups in total. The third kappa shape index (κ3) is 5.12. The Morgan fingerprint density at radius 2 is 1.94 bits per heavy atom. The van der Waals surface area contributed by atoms with Crippen LogP contribution in [0.3, 0.4) is 0 Å². The maximum atomic E-state index is 13.2. The number of fused-ring (bicyclic) bond motifs is 1. The Balaban J connectivity index is 0.00000272. The van der Waals surface area contributed by atoms with Crippen LogP contribution in [0, 0.1) is 0 Å². The van der Waals surface area contributed by atoms with E-state index < -0.39 is 0 Å². The van der Waals surface area contributed by atoms with Crippen molar-refractivity contribution in [1.82, 2.24) is 9.88 Å². The average molecular weight is 468 g/mol. The number of furan rings is 1. The summed E-state index contributed by atoms with van der Waals surface area (Å²) >= 11 is 1.41. The van der Waals surface area contributed by atoms with Crippen molar-refractivity contribution in [2.75, 3.05) is 58.5 Å². The van der Waals surface area contributed by atoms with Crippen molar-refractivity contribution >= 4 is 45.0 Å². The molecule has 0 spiro atoms. The van der Waals surface area contributed by atoms with Gasteiger partial charge in [0.2, 0.25) is 0 Å². The summed E-state index contributed by atoms with van der Waals surface area (Å²) in [6, 6.07) is 7.05. The molecular weight excluding hydrogens is 442 g/mol. The summed E-state index contributed by atoms with van der Waals surface area (Å²) in [7, 11) is 3.23. The Hall–Kier alpha value is -2.33. The minimum Gasteiger partial charge on any atom is -0.495 e. The van der Waals surface area contributed by atoms with E-state index in [-0.39, 0.29) is 18.3 Å². The first-order valence-electron chi connectivity index (χ1n) is 9.88. The standard InChI is InChI=1S/C21H25N3O5S.ClH/c1-26-15-6-7-16(27-2)19-18(15)22-21(30-19)24(20(25)17-5-3-12-29-17)9-4-8-23-10-13-28-14-11-23;/h3,5-7,12H,4,8-11,13-14H2,1-2H3;1H. The molecule has 8 nitrogen and oxygen atoms in total. The molecule has 1 aliphatic rings.